The van der Waals surface area contributed by atoms with Crippen LogP contribution in [0.5, 0.6) is 0 Å². The van der Waals surface area contributed by atoms with Gasteiger partial charge in [-0.2, -0.15) is 0 Å². The molecule has 4 aliphatic carbocycles. The summed E-state index contributed by atoms with van der Waals surface area (Å²) in [5.74, 6) is 0. The summed E-state index contributed by atoms with van der Waals surface area (Å²) in [5.41, 5.74) is 7.71. The van der Waals surface area contributed by atoms with Crippen LogP contribution in [0.4, 0.5) is 0 Å². The summed E-state index contributed by atoms with van der Waals surface area (Å²) in [6, 6.07) is 0. The maximum absolute atomic E-state index is 4.70. The molecule has 232 valence electrons. The molecule has 0 bridgehead atoms. The van der Waals surface area contributed by atoms with Gasteiger partial charge in [-0.25, -0.2) is 0 Å². The van der Waals surface area contributed by atoms with Crippen molar-refractivity contribution in [2.24, 2.45) is 0 Å². The first-order valence-electron chi connectivity index (χ1n) is 16.8. The summed E-state index contributed by atoms with van der Waals surface area (Å²) < 4.78 is 0. The molecule has 0 N–H and O–H groups in total. The predicted molar refractivity (Wildman–Crippen MR) is 184 cm³/mol. The fraction of sp³-hybridized carbons (Fsp3) is 0.882. The minimum atomic E-state index is -0.117. The van der Waals surface area contributed by atoms with E-state index in [9.17, 15) is 0 Å². The Labute approximate surface area is 261 Å². The van der Waals surface area contributed by atoms with Crippen molar-refractivity contribution in [3.63, 3.8) is 0 Å². The van der Waals surface area contributed by atoms with Gasteiger partial charge in [-0.05, 0) is 143 Å². The Hall–Kier alpha value is 1.41. The van der Waals surface area contributed by atoms with Gasteiger partial charge < -0.3 is 0 Å². The van der Waals surface area contributed by atoms with Crippen molar-refractivity contribution >= 4 is 36.2 Å². The Balaban J connectivity index is 0.000000249. The normalized spacial score (nSPS) is 22.1. The summed E-state index contributed by atoms with van der Waals surface area (Å²) in [5, 5.41) is 0. The molecule has 0 saturated heterocycles. The van der Waals surface area contributed by atoms with Gasteiger partial charge in [0.25, 0.3) is 0 Å². The monoisotopic (exact) mass is 662 g/mol. The van der Waals surface area contributed by atoms with E-state index in [1.807, 2.05) is 0 Å². The summed E-state index contributed by atoms with van der Waals surface area (Å²) in [6.07, 6.45) is 38.9. The van der Waals surface area contributed by atoms with Crippen molar-refractivity contribution in [2.75, 3.05) is 12.3 Å². The summed E-state index contributed by atoms with van der Waals surface area (Å²) in [6.45, 7) is 9.12. The van der Waals surface area contributed by atoms with Crippen molar-refractivity contribution < 1.29 is 12.7 Å². The zero-order valence-electron chi connectivity index (χ0n) is 26.1. The molecule has 0 unspecified atom stereocenters. The van der Waals surface area contributed by atoms with Gasteiger partial charge in [0.1, 0.15) is 0 Å². The molecule has 4 fully saturated rings. The van der Waals surface area contributed by atoms with Crippen LogP contribution in [0.15, 0.2) is 23.3 Å². The van der Waals surface area contributed by atoms with Crippen LogP contribution in [0.2, 0.25) is 0 Å². The summed E-state index contributed by atoms with van der Waals surface area (Å²) in [7, 11) is 9.17. The van der Waals surface area contributed by atoms with Gasteiger partial charge >= 0.3 is 33.0 Å². The second kappa shape index (κ2) is 22.9. The molecule has 4 aliphatic rings. The average Bonchev–Trinajstić information content (AvgIpc) is 2.96. The molecule has 0 spiro atoms. The molecule has 0 amide bonds. The first-order chi connectivity index (χ1) is 19.0. The third-order valence-electron chi connectivity index (χ3n) is 10.0. The third kappa shape index (κ3) is 15.6. The predicted octanol–water partition coefficient (Wildman–Crippen LogP) is 13.0. The second-order valence-electron chi connectivity index (χ2n) is 13.5. The molecule has 4 saturated carbocycles. The van der Waals surface area contributed by atoms with Crippen LogP contribution in [0.1, 0.15) is 156 Å². The van der Waals surface area contributed by atoms with Gasteiger partial charge in [-0.3, -0.25) is 0 Å². The van der Waals surface area contributed by atoms with E-state index < -0.39 is 0 Å². The van der Waals surface area contributed by atoms with E-state index in [-0.39, 0.29) is 15.8 Å². The Bertz CT molecular complexity index is 558. The molecule has 0 aromatic rings. The molecule has 0 aromatic heterocycles. The molecule has 0 atom stereocenters. The number of hydrogen-bond acceptors (Lipinski definition) is 0. The topological polar surface area (TPSA) is 0 Å². The number of hydrogen-bond donors (Lipinski definition) is 0. The number of rotatable bonds is 8. The van der Waals surface area contributed by atoms with Crippen molar-refractivity contribution in [1.82, 2.24) is 0 Å². The van der Waals surface area contributed by atoms with Crippen LogP contribution in [-0.2, 0) is 12.7 Å². The summed E-state index contributed by atoms with van der Waals surface area (Å²) >= 11 is 0.569. The third-order valence-corrected chi connectivity index (χ3v) is 17.9. The van der Waals surface area contributed by atoms with E-state index in [2.05, 4.69) is 39.8 Å². The zero-order valence-corrected chi connectivity index (χ0v) is 30.6. The molecule has 0 aromatic carbocycles. The zero-order chi connectivity index (χ0) is 28.3. The molecular weight excluding hydrogens is 600 g/mol. The average molecular weight is 664 g/mol. The van der Waals surface area contributed by atoms with Crippen LogP contribution < -0.4 is 0 Å². The minimum absolute atomic E-state index is 0.117. The van der Waals surface area contributed by atoms with Crippen molar-refractivity contribution in [2.45, 2.75) is 179 Å². The van der Waals surface area contributed by atoms with Crippen molar-refractivity contribution in [1.29, 1.82) is 0 Å². The van der Waals surface area contributed by atoms with Crippen molar-refractivity contribution in [3.8, 4) is 0 Å². The SMILES string of the molecule is CC(C)=CC[PH+](C1CCCCC1)C1CCCCC1.CC(C)=CC[PH+](C1CCCCC1)C1CCCCC1.[Cl][Ni][Cl]. The molecule has 0 nitrogen and oxygen atoms in total. The number of halogens is 2. The Morgan fingerprint density at radius 1 is 0.487 bits per heavy atom. The van der Waals surface area contributed by atoms with Crippen LogP contribution in [0.25, 0.3) is 0 Å². The summed E-state index contributed by atoms with van der Waals surface area (Å²) in [4.78, 5) is 0. The second-order valence-corrected chi connectivity index (χ2v) is 21.5. The maximum atomic E-state index is 4.70. The van der Waals surface area contributed by atoms with Gasteiger partial charge in [0.15, 0.2) is 0 Å². The van der Waals surface area contributed by atoms with E-state index in [4.69, 9.17) is 20.4 Å². The van der Waals surface area contributed by atoms with Gasteiger partial charge in [0, 0.05) is 15.8 Å². The quantitative estimate of drug-likeness (QED) is 0.138. The fourth-order valence-corrected chi connectivity index (χ4v) is 16.4. The van der Waals surface area contributed by atoms with E-state index in [0.717, 1.165) is 22.6 Å². The van der Waals surface area contributed by atoms with Gasteiger partial charge in [-0.15, -0.1) is 0 Å². The Morgan fingerprint density at radius 3 is 0.872 bits per heavy atom. The molecule has 39 heavy (non-hydrogen) atoms. The van der Waals surface area contributed by atoms with Crippen LogP contribution in [0, 0.1) is 0 Å². The molecule has 5 heteroatoms. The molecule has 0 aliphatic heterocycles. The van der Waals surface area contributed by atoms with E-state index >= 15 is 0 Å². The first kappa shape index (κ1) is 36.6. The van der Waals surface area contributed by atoms with Crippen LogP contribution in [0.3, 0.4) is 0 Å². The number of allylic oxidation sites excluding steroid dienone is 4. The molecule has 0 heterocycles. The van der Waals surface area contributed by atoms with E-state index in [1.54, 1.807) is 62.5 Å². The standard InChI is InChI=1S/2C17H31P.2ClH.Ni/c2*1-15(2)13-14-18(16-9-5-3-6-10-16)17-11-7-4-8-12-17;;;/h2*13,16-17H,3-12,14H2,1-2H3;2*1H;/q;;;;+2. The molecular formula is C34H64Cl2NiP2+2. The van der Waals surface area contributed by atoms with E-state index in [1.165, 1.54) is 89.4 Å². The molecule has 0 radical (unpaired) electrons. The fourth-order valence-electron chi connectivity index (χ4n) is 7.87. The molecule has 4 rings (SSSR count). The van der Waals surface area contributed by atoms with Gasteiger partial charge in [0.2, 0.25) is 0 Å². The van der Waals surface area contributed by atoms with Crippen molar-refractivity contribution in [3.05, 3.63) is 23.3 Å². The Morgan fingerprint density at radius 2 is 0.692 bits per heavy atom. The first-order valence-corrected chi connectivity index (χ1v) is 23.2. The van der Waals surface area contributed by atoms with E-state index in [0.29, 0.717) is 12.7 Å². The van der Waals surface area contributed by atoms with Gasteiger partial charge in [0.05, 0.1) is 35.0 Å². The van der Waals surface area contributed by atoms with Gasteiger partial charge in [-0.1, -0.05) is 36.8 Å². The van der Waals surface area contributed by atoms with Crippen LogP contribution in [-0.4, -0.2) is 35.0 Å². The van der Waals surface area contributed by atoms with Crippen LogP contribution >= 0.6 is 36.2 Å². The Kier molecular flexibility index (Phi) is 21.5.